The van der Waals surface area contributed by atoms with E-state index in [9.17, 15) is 15.0 Å². The molecule has 4 aliphatic carbocycles. The van der Waals surface area contributed by atoms with Gasteiger partial charge in [-0.15, -0.1) is 0 Å². The minimum absolute atomic E-state index is 0.0298. The molecule has 3 N–H and O–H groups in total. The number of benzene rings is 1. The van der Waals surface area contributed by atoms with E-state index in [0.717, 1.165) is 32.1 Å². The number of hydrogen-bond acceptors (Lipinski definition) is 4. The van der Waals surface area contributed by atoms with Crippen LogP contribution in [0.15, 0.2) is 29.9 Å². The smallest absolute Gasteiger partial charge is 0.331 e. The number of carboxylic acid groups (broad SMARTS) is 1. The van der Waals surface area contributed by atoms with Gasteiger partial charge in [0.2, 0.25) is 0 Å². The molecule has 1 saturated heterocycles. The van der Waals surface area contributed by atoms with E-state index in [1.54, 1.807) is 13.0 Å². The number of aliphatic carboxylic acids is 1. The Hall–Kier alpha value is -2.41. The van der Waals surface area contributed by atoms with Crippen LogP contribution in [0.3, 0.4) is 0 Å². The standard InChI is InChI=1S/C38H49NO5/c1-20(32(40)41)13-23-18-36(7)30-10-9-22-16-26-25-17-24-21(14-28-27(24)19-33(2,3)44-34(28,4)5)15-29(25)39-31(26)37(22,8)35(30,6)11-12-38(36,42)43-23/h13,15,17,19,22-23,28,30,39,42H,9-12,14,16,18H2,1-8H3,(H,40,41)/t22-,23+,28-,30+,35-,36-,37+,38-/m0/s1. The normalized spacial score (nSPS) is 43.0. The lowest BCUT2D eigenvalue weighted by Crippen LogP contribution is -2.65. The molecule has 2 saturated carbocycles. The molecule has 44 heavy (non-hydrogen) atoms. The van der Waals surface area contributed by atoms with E-state index in [1.807, 2.05) is 0 Å². The lowest BCUT2D eigenvalue weighted by atomic mass is 9.40. The van der Waals surface area contributed by atoms with Crippen LogP contribution in [0, 0.1) is 28.6 Å². The van der Waals surface area contributed by atoms with Crippen LogP contribution in [-0.4, -0.2) is 44.3 Å². The zero-order valence-electron chi connectivity index (χ0n) is 27.7. The third-order valence-corrected chi connectivity index (χ3v) is 14.0. The number of carboxylic acids is 1. The summed E-state index contributed by atoms with van der Waals surface area (Å²) in [5.74, 6) is -0.981. The molecule has 8 rings (SSSR count). The van der Waals surface area contributed by atoms with Crippen LogP contribution in [0.5, 0.6) is 0 Å². The summed E-state index contributed by atoms with van der Waals surface area (Å²) in [4.78, 5) is 15.6. The van der Waals surface area contributed by atoms with Gasteiger partial charge in [-0.2, -0.15) is 0 Å². The van der Waals surface area contributed by atoms with Crippen molar-refractivity contribution in [2.45, 2.75) is 129 Å². The van der Waals surface area contributed by atoms with Crippen molar-refractivity contribution in [1.29, 1.82) is 0 Å². The van der Waals surface area contributed by atoms with Gasteiger partial charge in [-0.05, 0) is 137 Å². The minimum Gasteiger partial charge on any atom is -0.478 e. The fraction of sp³-hybridized carbons (Fsp3) is 0.658. The molecule has 0 spiro atoms. The third kappa shape index (κ3) is 3.46. The summed E-state index contributed by atoms with van der Waals surface area (Å²) in [5, 5.41) is 22.9. The molecule has 3 fully saturated rings. The average molecular weight is 600 g/mol. The number of fused-ring (bicyclic) bond motifs is 12. The summed E-state index contributed by atoms with van der Waals surface area (Å²) >= 11 is 0. The molecule has 6 heteroatoms. The molecule has 6 nitrogen and oxygen atoms in total. The number of nitrogens with one attached hydrogen (secondary N) is 1. The Labute approximate surface area is 261 Å². The van der Waals surface area contributed by atoms with Crippen molar-refractivity contribution in [3.05, 3.63) is 52.2 Å². The lowest BCUT2D eigenvalue weighted by molar-refractivity contribution is -0.294. The van der Waals surface area contributed by atoms with Crippen molar-refractivity contribution in [3.63, 3.8) is 0 Å². The van der Waals surface area contributed by atoms with Gasteiger partial charge in [-0.3, -0.25) is 0 Å². The van der Waals surface area contributed by atoms with Crippen molar-refractivity contribution < 1.29 is 24.5 Å². The van der Waals surface area contributed by atoms with Gasteiger partial charge >= 0.3 is 5.97 Å². The SMILES string of the molecule is CC(=C[C@@H]1C[C@@]2(C)[C@@H]3CC[C@H]4Cc5c([nH]c6cc7c(cc56)C5=CC(C)(C)OC(C)(C)[C@H]5C7)[C@]4(C)[C@@]3(C)CC[C@]2(O)O1)C(=O)O. The summed E-state index contributed by atoms with van der Waals surface area (Å²) < 4.78 is 12.9. The Morgan fingerprint density at radius 3 is 2.50 bits per heavy atom. The number of ether oxygens (including phenoxy) is 2. The minimum atomic E-state index is -1.24. The van der Waals surface area contributed by atoms with Crippen molar-refractivity contribution in [1.82, 2.24) is 4.98 Å². The highest BCUT2D eigenvalue weighted by Gasteiger charge is 2.72. The molecule has 1 aromatic carbocycles. The summed E-state index contributed by atoms with van der Waals surface area (Å²) in [5.41, 5.74) is 7.71. The van der Waals surface area contributed by atoms with Crippen LogP contribution in [-0.2, 0) is 32.5 Å². The summed E-state index contributed by atoms with van der Waals surface area (Å²) in [7, 11) is 0. The molecule has 0 unspecified atom stereocenters. The maximum absolute atomic E-state index is 12.0. The lowest BCUT2D eigenvalue weighted by Gasteiger charge is -2.65. The van der Waals surface area contributed by atoms with E-state index in [0.29, 0.717) is 24.7 Å². The molecule has 0 bridgehead atoms. The monoisotopic (exact) mass is 599 g/mol. The Kier molecular flexibility index (Phi) is 5.60. The summed E-state index contributed by atoms with van der Waals surface area (Å²) in [6.45, 7) is 17.7. The van der Waals surface area contributed by atoms with Crippen molar-refractivity contribution in [2.75, 3.05) is 0 Å². The van der Waals surface area contributed by atoms with Crippen LogP contribution in [0.4, 0.5) is 0 Å². The van der Waals surface area contributed by atoms with E-state index in [-0.39, 0.29) is 39.6 Å². The van der Waals surface area contributed by atoms with E-state index in [4.69, 9.17) is 9.47 Å². The second-order valence-corrected chi connectivity index (χ2v) is 17.1. The van der Waals surface area contributed by atoms with Crippen molar-refractivity contribution in [3.8, 4) is 0 Å². The van der Waals surface area contributed by atoms with Gasteiger partial charge in [0.05, 0.1) is 17.3 Å². The number of aliphatic hydroxyl groups is 1. The van der Waals surface area contributed by atoms with Crippen LogP contribution in [0.25, 0.3) is 16.5 Å². The largest absolute Gasteiger partial charge is 0.478 e. The Morgan fingerprint density at radius 1 is 1.02 bits per heavy atom. The van der Waals surface area contributed by atoms with Gasteiger partial charge in [-0.25, -0.2) is 4.79 Å². The average Bonchev–Trinajstić information content (AvgIpc) is 3.60. The topological polar surface area (TPSA) is 91.8 Å². The van der Waals surface area contributed by atoms with E-state index >= 15 is 0 Å². The zero-order chi connectivity index (χ0) is 31.4. The van der Waals surface area contributed by atoms with E-state index in [2.05, 4.69) is 71.7 Å². The quantitative estimate of drug-likeness (QED) is 0.312. The van der Waals surface area contributed by atoms with Crippen LogP contribution in [0.1, 0.15) is 110 Å². The Balaban J connectivity index is 1.21. The van der Waals surface area contributed by atoms with Gasteiger partial charge < -0.3 is 24.7 Å². The first kappa shape index (κ1) is 29.0. The molecular formula is C38H49NO5. The molecule has 2 aliphatic heterocycles. The number of carbonyl (C=O) groups is 1. The first-order valence-corrected chi connectivity index (χ1v) is 16.9. The highest BCUT2D eigenvalue weighted by molar-refractivity contribution is 5.92. The number of H-pyrrole nitrogens is 1. The fourth-order valence-corrected chi connectivity index (χ4v) is 11.8. The maximum atomic E-state index is 12.0. The predicted molar refractivity (Wildman–Crippen MR) is 171 cm³/mol. The molecule has 0 amide bonds. The third-order valence-electron chi connectivity index (χ3n) is 14.0. The van der Waals surface area contributed by atoms with Crippen LogP contribution < -0.4 is 0 Å². The number of hydrogen-bond donors (Lipinski definition) is 3. The van der Waals surface area contributed by atoms with Gasteiger partial charge in [0, 0.05) is 45.3 Å². The molecular weight excluding hydrogens is 550 g/mol. The molecule has 236 valence electrons. The predicted octanol–water partition coefficient (Wildman–Crippen LogP) is 7.47. The molecule has 8 atom stereocenters. The number of aromatic nitrogens is 1. The van der Waals surface area contributed by atoms with Gasteiger partial charge in [0.1, 0.15) is 0 Å². The second kappa shape index (κ2) is 8.49. The van der Waals surface area contributed by atoms with Crippen molar-refractivity contribution in [2.24, 2.45) is 28.6 Å². The molecule has 6 aliphatic rings. The van der Waals surface area contributed by atoms with Gasteiger partial charge in [0.15, 0.2) is 5.79 Å². The fourth-order valence-electron chi connectivity index (χ4n) is 11.8. The van der Waals surface area contributed by atoms with Crippen LogP contribution in [0.2, 0.25) is 0 Å². The van der Waals surface area contributed by atoms with E-state index < -0.39 is 17.2 Å². The first-order valence-electron chi connectivity index (χ1n) is 16.9. The van der Waals surface area contributed by atoms with Crippen molar-refractivity contribution >= 4 is 22.4 Å². The highest BCUT2D eigenvalue weighted by atomic mass is 16.6. The van der Waals surface area contributed by atoms with Crippen LogP contribution >= 0.6 is 0 Å². The Bertz CT molecular complexity index is 1690. The zero-order valence-corrected chi connectivity index (χ0v) is 27.7. The van der Waals surface area contributed by atoms with Gasteiger partial charge in [-0.1, -0.05) is 20.8 Å². The summed E-state index contributed by atoms with van der Waals surface area (Å²) in [6, 6.07) is 4.93. The number of rotatable bonds is 2. The highest BCUT2D eigenvalue weighted by Crippen LogP contribution is 2.73. The second-order valence-electron chi connectivity index (χ2n) is 17.1. The maximum Gasteiger partial charge on any atom is 0.331 e. The molecule has 1 aromatic heterocycles. The Morgan fingerprint density at radius 2 is 1.77 bits per heavy atom. The van der Waals surface area contributed by atoms with E-state index in [1.165, 1.54) is 38.9 Å². The molecule has 0 radical (unpaired) electrons. The number of aromatic amines is 1. The molecule has 2 aromatic rings. The summed E-state index contributed by atoms with van der Waals surface area (Å²) in [6.07, 6.45) is 10.1. The van der Waals surface area contributed by atoms with Gasteiger partial charge in [0.25, 0.3) is 0 Å². The first-order chi connectivity index (χ1) is 20.4. The molecule has 3 heterocycles.